The van der Waals surface area contributed by atoms with Crippen molar-refractivity contribution in [2.45, 2.75) is 6.61 Å². The van der Waals surface area contributed by atoms with Gasteiger partial charge in [-0.1, -0.05) is 6.07 Å². The van der Waals surface area contributed by atoms with E-state index in [0.717, 1.165) is 30.3 Å². The van der Waals surface area contributed by atoms with Crippen LogP contribution in [-0.2, 0) is 37.7 Å². The zero-order valence-corrected chi connectivity index (χ0v) is 17.8. The zero-order valence-electron chi connectivity index (χ0n) is 15.3. The Balaban J connectivity index is 0.000000562. The van der Waals surface area contributed by atoms with Gasteiger partial charge in [0.15, 0.2) is 0 Å². The van der Waals surface area contributed by atoms with Crippen LogP contribution in [0, 0.1) is 0 Å². The van der Waals surface area contributed by atoms with E-state index in [1.807, 2.05) is 0 Å². The molecule has 0 aliphatic heterocycles. The summed E-state index contributed by atoms with van der Waals surface area (Å²) in [5.74, 6) is -6.86. The van der Waals surface area contributed by atoms with Crippen LogP contribution in [0.1, 0.15) is 57.4 Å². The van der Waals surface area contributed by atoms with Crippen molar-refractivity contribution in [1.29, 1.82) is 0 Å². The Hall–Kier alpha value is -3.41. The number of hydrogen-bond acceptors (Lipinski definition) is 7. The van der Waals surface area contributed by atoms with Crippen LogP contribution in [0.4, 0.5) is 0 Å². The number of aromatic carboxylic acids is 5. The molecule has 162 valence electrons. The first-order valence-electron chi connectivity index (χ1n) is 7.69. The molecule has 0 atom stereocenters. The molecule has 0 fully saturated rings. The topological polar surface area (TPSA) is 216 Å². The van der Waals surface area contributed by atoms with Gasteiger partial charge in [0.05, 0.1) is 27.8 Å². The molecule has 0 amide bonds. The fourth-order valence-electron chi connectivity index (χ4n) is 2.16. The fourth-order valence-corrected chi connectivity index (χ4v) is 2.16. The maximum Gasteiger partial charge on any atom is 0.336 e. The van der Waals surface area contributed by atoms with E-state index in [4.69, 9.17) is 30.8 Å². The first kappa shape index (κ1) is 27.6. The van der Waals surface area contributed by atoms with E-state index in [0.29, 0.717) is 5.56 Å². The van der Waals surface area contributed by atoms with Gasteiger partial charge < -0.3 is 25.5 Å². The first-order valence-corrected chi connectivity index (χ1v) is 7.69. The van der Waals surface area contributed by atoms with Gasteiger partial charge in [-0.2, -0.15) is 0 Å². The van der Waals surface area contributed by atoms with E-state index >= 15 is 0 Å². The van der Waals surface area contributed by atoms with Crippen molar-refractivity contribution < 1.29 is 85.9 Å². The molecular formula is C18H14O12Zr. The van der Waals surface area contributed by atoms with Gasteiger partial charge in [0.25, 0.3) is 0 Å². The molecule has 0 bridgehead atoms. The molecule has 0 saturated carbocycles. The van der Waals surface area contributed by atoms with Crippen molar-refractivity contribution in [3.8, 4) is 0 Å². The van der Waals surface area contributed by atoms with Crippen LogP contribution in [0.2, 0.25) is 0 Å². The van der Waals surface area contributed by atoms with E-state index in [-0.39, 0.29) is 49.5 Å². The number of benzene rings is 2. The summed E-state index contributed by atoms with van der Waals surface area (Å²) in [4.78, 5) is 56.9. The normalized spacial score (nSPS) is 9.45. The summed E-state index contributed by atoms with van der Waals surface area (Å²) in [5, 5.41) is 51.5. The van der Waals surface area contributed by atoms with E-state index < -0.39 is 41.0 Å². The van der Waals surface area contributed by atoms with Gasteiger partial charge in [-0.3, -0.25) is 5.26 Å². The molecule has 2 aromatic rings. The van der Waals surface area contributed by atoms with E-state index in [9.17, 15) is 24.0 Å². The summed E-state index contributed by atoms with van der Waals surface area (Å²) in [6.07, 6.45) is 0. The molecule has 0 unspecified atom stereocenters. The van der Waals surface area contributed by atoms with Crippen molar-refractivity contribution in [3.63, 3.8) is 0 Å². The fraction of sp³-hybridized carbons (Fsp3) is 0.0556. The van der Waals surface area contributed by atoms with Crippen LogP contribution < -0.4 is 0 Å². The first-order chi connectivity index (χ1) is 14.0. The Morgan fingerprint density at radius 1 is 0.613 bits per heavy atom. The monoisotopic (exact) mass is 512 g/mol. The molecule has 6 N–H and O–H groups in total. The average Bonchev–Trinajstić information content (AvgIpc) is 2.67. The van der Waals surface area contributed by atoms with Crippen molar-refractivity contribution in [1.82, 2.24) is 0 Å². The molecule has 12 nitrogen and oxygen atoms in total. The van der Waals surface area contributed by atoms with Crippen LogP contribution in [0.15, 0.2) is 36.4 Å². The van der Waals surface area contributed by atoms with Gasteiger partial charge in [0.2, 0.25) is 0 Å². The van der Waals surface area contributed by atoms with Crippen molar-refractivity contribution in [2.75, 3.05) is 0 Å². The second kappa shape index (κ2) is 12.3. The predicted octanol–water partition coefficient (Wildman–Crippen LogP) is 1.85. The van der Waals surface area contributed by atoms with Crippen LogP contribution in [0.5, 0.6) is 0 Å². The Kier molecular flexibility index (Phi) is 11.0. The van der Waals surface area contributed by atoms with Gasteiger partial charge in [0, 0.05) is 26.2 Å². The summed E-state index contributed by atoms with van der Waals surface area (Å²) >= 11 is 0. The molecule has 0 aliphatic carbocycles. The molecule has 0 aliphatic rings. The quantitative estimate of drug-likeness (QED) is 0.231. The maximum atomic E-state index is 10.7. The minimum Gasteiger partial charge on any atom is -0.478 e. The van der Waals surface area contributed by atoms with E-state index in [1.54, 1.807) is 0 Å². The molecule has 13 heteroatoms. The van der Waals surface area contributed by atoms with Crippen molar-refractivity contribution >= 4 is 29.8 Å². The molecule has 31 heavy (non-hydrogen) atoms. The number of carboxylic acids is 5. The van der Waals surface area contributed by atoms with Gasteiger partial charge in [-0.05, 0) is 35.9 Å². The SMILES string of the molecule is O=C(O)c1ccc(C(=O)O)c(C(=O)O)c1.O=C(O)c1ccc(COO)cc1C(=O)O.[Zr]. The molecule has 0 spiro atoms. The van der Waals surface area contributed by atoms with Gasteiger partial charge in [0.1, 0.15) is 6.61 Å². The number of hydrogen-bond donors (Lipinski definition) is 6. The molecular weight excluding hydrogens is 499 g/mol. The largest absolute Gasteiger partial charge is 0.478 e. The summed E-state index contributed by atoms with van der Waals surface area (Å²) in [7, 11) is 0. The Labute approximate surface area is 192 Å². The Morgan fingerprint density at radius 3 is 1.42 bits per heavy atom. The standard InChI is InChI=1S/C9H8O6.C9H6O6.Zr/c10-8(11)6-2-1-5(4-15-14)3-7(6)9(12)13;10-7(11)4-1-2-5(8(12)13)6(3-4)9(14)15;/h1-3,14H,4H2,(H,10,11)(H,12,13);1-3H,(H,10,11)(H,12,13)(H,14,15);. The Morgan fingerprint density at radius 2 is 1.03 bits per heavy atom. The summed E-state index contributed by atoms with van der Waals surface area (Å²) in [5.41, 5.74) is -1.51. The number of carbonyl (C=O) groups is 5. The molecule has 2 aromatic carbocycles. The molecule has 0 heterocycles. The van der Waals surface area contributed by atoms with Gasteiger partial charge in [-0.15, -0.1) is 0 Å². The second-order valence-electron chi connectivity index (χ2n) is 5.44. The third-order valence-electron chi connectivity index (χ3n) is 3.50. The van der Waals surface area contributed by atoms with Gasteiger partial charge in [-0.25, -0.2) is 28.9 Å². The van der Waals surface area contributed by atoms with Crippen LogP contribution in [0.3, 0.4) is 0 Å². The van der Waals surface area contributed by atoms with Crippen LogP contribution in [0.25, 0.3) is 0 Å². The van der Waals surface area contributed by atoms with Crippen molar-refractivity contribution in [2.24, 2.45) is 0 Å². The second-order valence-corrected chi connectivity index (χ2v) is 5.44. The summed E-state index contributed by atoms with van der Waals surface area (Å²) in [6, 6.07) is 6.47. The maximum absolute atomic E-state index is 10.7. The van der Waals surface area contributed by atoms with Crippen LogP contribution >= 0.6 is 0 Å². The average molecular weight is 514 g/mol. The van der Waals surface area contributed by atoms with Gasteiger partial charge >= 0.3 is 29.8 Å². The zero-order chi connectivity index (χ0) is 23.0. The number of carboxylic acid groups (broad SMARTS) is 5. The Bertz CT molecular complexity index is 1010. The smallest absolute Gasteiger partial charge is 0.336 e. The number of rotatable bonds is 7. The van der Waals surface area contributed by atoms with Crippen molar-refractivity contribution in [3.05, 3.63) is 69.8 Å². The third-order valence-corrected chi connectivity index (χ3v) is 3.50. The summed E-state index contributed by atoms with van der Waals surface area (Å²) < 4.78 is 0. The van der Waals surface area contributed by atoms with E-state index in [1.165, 1.54) is 6.07 Å². The van der Waals surface area contributed by atoms with E-state index in [2.05, 4.69) is 4.89 Å². The molecule has 0 radical (unpaired) electrons. The summed E-state index contributed by atoms with van der Waals surface area (Å²) in [6.45, 7) is -0.194. The third kappa shape index (κ3) is 7.74. The molecule has 0 aromatic heterocycles. The van der Waals surface area contributed by atoms with Crippen LogP contribution in [-0.4, -0.2) is 60.6 Å². The predicted molar refractivity (Wildman–Crippen MR) is 95.1 cm³/mol. The molecule has 2 rings (SSSR count). The minimum absolute atomic E-state index is 0. The molecule has 0 saturated heterocycles. The minimum atomic E-state index is -1.48.